The molecule has 3 aliphatic rings. The molecule has 1 saturated heterocycles. The molecule has 2 aromatic rings. The van der Waals surface area contributed by atoms with Gasteiger partial charge in [0.2, 0.25) is 18.6 Å². The van der Waals surface area contributed by atoms with E-state index in [0.29, 0.717) is 30.0 Å². The van der Waals surface area contributed by atoms with Crippen molar-refractivity contribution in [2.24, 2.45) is 5.92 Å². The first kappa shape index (κ1) is 22.6. The summed E-state index contributed by atoms with van der Waals surface area (Å²) in [5.74, 6) is 1.70. The van der Waals surface area contributed by atoms with E-state index in [9.17, 15) is 9.59 Å². The van der Waals surface area contributed by atoms with E-state index in [0.717, 1.165) is 37.0 Å². The van der Waals surface area contributed by atoms with Crippen molar-refractivity contribution < 1.29 is 23.8 Å². The molecular formula is C27H32N2O5. The van der Waals surface area contributed by atoms with E-state index >= 15 is 0 Å². The van der Waals surface area contributed by atoms with Gasteiger partial charge in [-0.1, -0.05) is 37.8 Å². The fraction of sp³-hybridized carbons (Fsp3) is 0.481. The molecule has 5 rings (SSSR count). The third kappa shape index (κ3) is 4.56. The van der Waals surface area contributed by atoms with Gasteiger partial charge in [0.1, 0.15) is 5.75 Å². The van der Waals surface area contributed by atoms with Crippen LogP contribution in [0.4, 0.5) is 5.69 Å². The Labute approximate surface area is 200 Å². The molecule has 180 valence electrons. The van der Waals surface area contributed by atoms with E-state index in [1.54, 1.807) is 12.0 Å². The molecule has 2 amide bonds. The van der Waals surface area contributed by atoms with E-state index in [2.05, 4.69) is 5.32 Å². The molecule has 1 N–H and O–H groups in total. The number of carbonyl (C=O) groups excluding carboxylic acids is 2. The number of carbonyl (C=O) groups is 2. The predicted octanol–water partition coefficient (Wildman–Crippen LogP) is 4.75. The number of amides is 2. The Morgan fingerprint density at radius 2 is 1.71 bits per heavy atom. The van der Waals surface area contributed by atoms with E-state index in [1.165, 1.54) is 12.8 Å². The lowest BCUT2D eigenvalue weighted by molar-refractivity contribution is -0.130. The van der Waals surface area contributed by atoms with Crippen LogP contribution < -0.4 is 24.4 Å². The quantitative estimate of drug-likeness (QED) is 0.647. The average Bonchev–Trinajstić information content (AvgIpc) is 3.19. The standard InChI is InChI=1S/C27H32N2O5/c1-32-21-11-8-18(9-12-21)26-22(27(31)28-19-6-4-2-3-5-7-19)13-15-25(30)29(26)20-10-14-23-24(16-20)34-17-33-23/h8-12,14,16,19,22,26H,2-7,13,15,17H2,1H3,(H,28,31)/t22-,26-/m0/s1. The highest BCUT2D eigenvalue weighted by atomic mass is 16.7. The van der Waals surface area contributed by atoms with E-state index < -0.39 is 6.04 Å². The molecule has 2 aliphatic heterocycles. The van der Waals surface area contributed by atoms with Gasteiger partial charge < -0.3 is 24.4 Å². The summed E-state index contributed by atoms with van der Waals surface area (Å²) in [5.41, 5.74) is 1.62. The Morgan fingerprint density at radius 1 is 0.971 bits per heavy atom. The second kappa shape index (κ2) is 9.95. The maximum Gasteiger partial charge on any atom is 0.231 e. The lowest BCUT2D eigenvalue weighted by Gasteiger charge is -2.41. The van der Waals surface area contributed by atoms with E-state index in [4.69, 9.17) is 14.2 Å². The van der Waals surface area contributed by atoms with Crippen LogP contribution in [0, 0.1) is 5.92 Å². The average molecular weight is 465 g/mol. The third-order valence-electron chi connectivity index (χ3n) is 7.23. The van der Waals surface area contributed by atoms with Gasteiger partial charge in [0, 0.05) is 24.2 Å². The number of hydrogen-bond acceptors (Lipinski definition) is 5. The predicted molar refractivity (Wildman–Crippen MR) is 128 cm³/mol. The molecule has 0 aromatic heterocycles. The molecule has 2 atom stereocenters. The Morgan fingerprint density at radius 3 is 2.44 bits per heavy atom. The van der Waals surface area contributed by atoms with E-state index in [-0.39, 0.29) is 30.6 Å². The van der Waals surface area contributed by atoms with Gasteiger partial charge in [-0.15, -0.1) is 0 Å². The first-order valence-electron chi connectivity index (χ1n) is 12.3. The summed E-state index contributed by atoms with van der Waals surface area (Å²) in [6.07, 6.45) is 7.66. The zero-order chi connectivity index (χ0) is 23.5. The Balaban J connectivity index is 1.49. The van der Waals surface area contributed by atoms with Gasteiger partial charge in [0.15, 0.2) is 11.5 Å². The number of methoxy groups -OCH3 is 1. The van der Waals surface area contributed by atoms with Gasteiger partial charge in [-0.25, -0.2) is 0 Å². The molecule has 0 unspecified atom stereocenters. The number of ether oxygens (including phenoxy) is 3. The first-order chi connectivity index (χ1) is 16.6. The number of rotatable bonds is 5. The summed E-state index contributed by atoms with van der Waals surface area (Å²) in [7, 11) is 1.63. The van der Waals surface area contributed by atoms with Crippen LogP contribution in [0.25, 0.3) is 0 Å². The van der Waals surface area contributed by atoms with Crippen LogP contribution in [0.15, 0.2) is 42.5 Å². The summed E-state index contributed by atoms with van der Waals surface area (Å²) in [6, 6.07) is 13.0. The second-order valence-corrected chi connectivity index (χ2v) is 9.36. The number of nitrogens with one attached hydrogen (secondary N) is 1. The van der Waals surface area contributed by atoms with Crippen molar-refractivity contribution in [3.05, 3.63) is 48.0 Å². The van der Waals surface area contributed by atoms with Gasteiger partial charge in [0.05, 0.1) is 19.1 Å². The fourth-order valence-electron chi connectivity index (χ4n) is 5.42. The smallest absolute Gasteiger partial charge is 0.231 e. The number of fused-ring (bicyclic) bond motifs is 1. The molecular weight excluding hydrogens is 432 g/mol. The van der Waals surface area contributed by atoms with Crippen LogP contribution in [-0.4, -0.2) is 31.8 Å². The highest BCUT2D eigenvalue weighted by Crippen LogP contribution is 2.43. The maximum atomic E-state index is 13.6. The highest BCUT2D eigenvalue weighted by Gasteiger charge is 2.42. The SMILES string of the molecule is COc1ccc([C@H]2[C@@H](C(=O)NC3CCCCCC3)CCC(=O)N2c2ccc3c(c2)OCO3)cc1. The molecule has 7 heteroatoms. The lowest BCUT2D eigenvalue weighted by atomic mass is 9.82. The zero-order valence-corrected chi connectivity index (χ0v) is 19.6. The molecule has 2 fully saturated rings. The minimum absolute atomic E-state index is 0.00167. The Hall–Kier alpha value is -3.22. The van der Waals surface area contributed by atoms with Crippen LogP contribution in [0.2, 0.25) is 0 Å². The van der Waals surface area contributed by atoms with Crippen molar-refractivity contribution in [3.63, 3.8) is 0 Å². The number of piperidine rings is 1. The molecule has 0 bridgehead atoms. The molecule has 1 saturated carbocycles. The number of nitrogens with zero attached hydrogens (tertiary/aromatic N) is 1. The normalized spacial score (nSPS) is 22.9. The third-order valence-corrected chi connectivity index (χ3v) is 7.23. The van der Waals surface area contributed by atoms with Crippen molar-refractivity contribution in [1.82, 2.24) is 5.32 Å². The topological polar surface area (TPSA) is 77.1 Å². The van der Waals surface area contributed by atoms with Crippen LogP contribution in [0.1, 0.15) is 63.0 Å². The van der Waals surface area contributed by atoms with Crippen molar-refractivity contribution >= 4 is 17.5 Å². The number of hydrogen-bond donors (Lipinski definition) is 1. The van der Waals surface area contributed by atoms with Gasteiger partial charge in [-0.3, -0.25) is 9.59 Å². The van der Waals surface area contributed by atoms with Crippen molar-refractivity contribution in [3.8, 4) is 17.2 Å². The van der Waals surface area contributed by atoms with Crippen molar-refractivity contribution in [2.45, 2.75) is 63.5 Å². The zero-order valence-electron chi connectivity index (χ0n) is 19.6. The highest BCUT2D eigenvalue weighted by molar-refractivity contribution is 5.97. The van der Waals surface area contributed by atoms with Crippen molar-refractivity contribution in [2.75, 3.05) is 18.8 Å². The molecule has 2 aromatic carbocycles. The van der Waals surface area contributed by atoms with Crippen molar-refractivity contribution in [1.29, 1.82) is 0 Å². The summed E-state index contributed by atoms with van der Waals surface area (Å²) in [5, 5.41) is 3.33. The minimum Gasteiger partial charge on any atom is -0.497 e. The number of anilines is 1. The molecule has 0 spiro atoms. The largest absolute Gasteiger partial charge is 0.497 e. The molecule has 0 radical (unpaired) electrons. The van der Waals surface area contributed by atoms with Gasteiger partial charge >= 0.3 is 0 Å². The minimum atomic E-state index is -0.418. The molecule has 2 heterocycles. The Bertz CT molecular complexity index is 1030. The second-order valence-electron chi connectivity index (χ2n) is 9.36. The van der Waals surface area contributed by atoms with Crippen LogP contribution >= 0.6 is 0 Å². The molecule has 34 heavy (non-hydrogen) atoms. The summed E-state index contributed by atoms with van der Waals surface area (Å²) in [6.45, 7) is 0.168. The van der Waals surface area contributed by atoms with E-state index in [1.807, 2.05) is 42.5 Å². The monoisotopic (exact) mass is 464 g/mol. The summed E-state index contributed by atoms with van der Waals surface area (Å²) < 4.78 is 16.4. The van der Waals surface area contributed by atoms with Gasteiger partial charge in [-0.05, 0) is 49.1 Å². The summed E-state index contributed by atoms with van der Waals surface area (Å²) in [4.78, 5) is 28.7. The van der Waals surface area contributed by atoms with Crippen LogP contribution in [0.5, 0.6) is 17.2 Å². The Kier molecular flexibility index (Phi) is 6.61. The first-order valence-corrected chi connectivity index (χ1v) is 12.3. The lowest BCUT2D eigenvalue weighted by Crippen LogP contribution is -2.50. The summed E-state index contributed by atoms with van der Waals surface area (Å²) >= 11 is 0. The fourth-order valence-corrected chi connectivity index (χ4v) is 5.42. The molecule has 7 nitrogen and oxygen atoms in total. The number of benzene rings is 2. The molecule has 1 aliphatic carbocycles. The maximum absolute atomic E-state index is 13.6. The van der Waals surface area contributed by atoms with Crippen LogP contribution in [-0.2, 0) is 9.59 Å². The van der Waals surface area contributed by atoms with Crippen LogP contribution in [0.3, 0.4) is 0 Å². The van der Waals surface area contributed by atoms with Gasteiger partial charge in [-0.2, -0.15) is 0 Å². The van der Waals surface area contributed by atoms with Gasteiger partial charge in [0.25, 0.3) is 0 Å².